The van der Waals surface area contributed by atoms with Crippen LogP contribution in [0.1, 0.15) is 29.5 Å². The number of aryl methyl sites for hydroxylation is 1. The van der Waals surface area contributed by atoms with Gasteiger partial charge in [-0.15, -0.1) is 50.0 Å². The lowest BCUT2D eigenvalue weighted by atomic mass is 10.1. The van der Waals surface area contributed by atoms with E-state index in [1.165, 1.54) is 34.7 Å². The number of aromatic hydroxyl groups is 1. The minimum atomic E-state index is -4.88. The Hall–Kier alpha value is -7.10. The van der Waals surface area contributed by atoms with Crippen molar-refractivity contribution >= 4 is 167 Å². The van der Waals surface area contributed by atoms with Crippen molar-refractivity contribution in [1.82, 2.24) is 14.4 Å². The molecule has 0 amide bonds. The maximum absolute atomic E-state index is 12.4. The van der Waals surface area contributed by atoms with Gasteiger partial charge in [0.1, 0.15) is 44.9 Å². The number of ether oxygens (including phenoxy) is 1. The molecule has 0 aliphatic carbocycles. The predicted octanol–water partition coefficient (Wildman–Crippen LogP) is 9.36. The Kier molecular flexibility index (Phi) is 20.6. The Morgan fingerprint density at radius 3 is 1.99 bits per heavy atom. The van der Waals surface area contributed by atoms with Gasteiger partial charge in [-0.3, -0.25) is 27.2 Å². The lowest BCUT2D eigenvalue weighted by Gasteiger charge is -2.12. The minimum Gasteiger partial charge on any atom is -0.493 e. The maximum Gasteiger partial charge on any atom is 0.425 e. The number of fused-ring (bicyclic) bond motifs is 6. The first-order valence-corrected chi connectivity index (χ1v) is 33.6. The lowest BCUT2D eigenvalue weighted by molar-refractivity contribution is 0.317. The van der Waals surface area contributed by atoms with E-state index >= 15 is 0 Å². The summed E-state index contributed by atoms with van der Waals surface area (Å²) in [7, 11) is -25.0. The zero-order valence-corrected chi connectivity index (χ0v) is 49.5. The molecule has 3 aromatic heterocycles. The molecule has 8 rings (SSSR count). The highest BCUT2D eigenvalue weighted by atomic mass is 35.5. The molecule has 0 bridgehead atoms. The second-order valence-electron chi connectivity index (χ2n) is 16.8. The normalized spacial score (nSPS) is 12.5. The van der Waals surface area contributed by atoms with Crippen LogP contribution in [-0.4, -0.2) is 127 Å². The molecule has 0 spiro atoms. The fraction of sp³-hybridized carbons (Fsp3) is 0.205. The van der Waals surface area contributed by atoms with Gasteiger partial charge in [-0.05, 0) is 91.9 Å². The summed E-state index contributed by atoms with van der Waals surface area (Å²) in [5, 5.41) is 47.6. The molecule has 0 fully saturated rings. The smallest absolute Gasteiger partial charge is 0.425 e. The number of thioether (sulfide) groups is 1. The first-order valence-electron chi connectivity index (χ1n) is 22.5. The highest BCUT2D eigenvalue weighted by molar-refractivity contribution is 7.99. The van der Waals surface area contributed by atoms with Gasteiger partial charge in [0.05, 0.1) is 55.7 Å². The summed E-state index contributed by atoms with van der Waals surface area (Å²) in [4.78, 5) is 7.96. The van der Waals surface area contributed by atoms with Crippen LogP contribution in [0.15, 0.2) is 118 Å². The van der Waals surface area contributed by atoms with Crippen LogP contribution in [0, 0.1) is 25.2 Å². The molecular formula is C44H39ClN10O20S8. The molecule has 0 aliphatic rings. The molecule has 0 radical (unpaired) electrons. The molecule has 8 aromatic rings. The summed E-state index contributed by atoms with van der Waals surface area (Å²) in [5.41, 5.74) is 2.13. The van der Waals surface area contributed by atoms with Gasteiger partial charge in [0, 0.05) is 21.9 Å². The van der Waals surface area contributed by atoms with Gasteiger partial charge in [-0.25, -0.2) is 9.97 Å². The van der Waals surface area contributed by atoms with E-state index in [1.54, 1.807) is 38.1 Å². The van der Waals surface area contributed by atoms with E-state index in [4.69, 9.17) is 33.5 Å². The number of aromatic nitrogens is 3. The van der Waals surface area contributed by atoms with Crippen LogP contribution >= 0.6 is 34.7 Å². The van der Waals surface area contributed by atoms with Crippen molar-refractivity contribution in [1.29, 1.82) is 5.26 Å². The number of hydrogen-bond acceptors (Lipinski definition) is 26. The highest BCUT2D eigenvalue weighted by Crippen LogP contribution is 2.45. The van der Waals surface area contributed by atoms with Crippen LogP contribution in [0.2, 0.25) is 5.02 Å². The van der Waals surface area contributed by atoms with Crippen molar-refractivity contribution in [2.75, 3.05) is 30.1 Å². The summed E-state index contributed by atoms with van der Waals surface area (Å²) < 4.78 is 192. The number of halogens is 1. The zero-order chi connectivity index (χ0) is 61.6. The van der Waals surface area contributed by atoms with Crippen molar-refractivity contribution < 1.29 is 87.3 Å². The molecule has 6 N–H and O–H groups in total. The third-order valence-electron chi connectivity index (χ3n) is 10.7. The van der Waals surface area contributed by atoms with Crippen molar-refractivity contribution in [3.8, 4) is 17.7 Å². The minimum absolute atomic E-state index is 0.00527. The number of thiazole rings is 1. The second-order valence-corrected chi connectivity index (χ2v) is 27.2. The van der Waals surface area contributed by atoms with Gasteiger partial charge < -0.3 is 9.84 Å². The average Bonchev–Trinajstić information content (AvgIpc) is 4.14. The molecule has 0 saturated heterocycles. The molecule has 0 aliphatic heterocycles. The third-order valence-corrected chi connectivity index (χ3v) is 16.4. The Morgan fingerprint density at radius 1 is 0.747 bits per heavy atom. The molecule has 0 unspecified atom stereocenters. The molecule has 0 atom stereocenters. The summed E-state index contributed by atoms with van der Waals surface area (Å²) in [5.74, 6) is -1.42. The van der Waals surface area contributed by atoms with Crippen LogP contribution in [-0.2, 0) is 61.2 Å². The number of azo groups is 3. The Bertz CT molecular complexity index is 4750. The van der Waals surface area contributed by atoms with Crippen molar-refractivity contribution in [3.05, 3.63) is 94.5 Å². The van der Waals surface area contributed by atoms with Crippen LogP contribution in [0.3, 0.4) is 0 Å². The topological polar surface area (TPSA) is 481 Å². The summed E-state index contributed by atoms with van der Waals surface area (Å²) in [6.45, 7) is 2.98. The zero-order valence-electron chi connectivity index (χ0n) is 42.2. The predicted molar refractivity (Wildman–Crippen MR) is 301 cm³/mol. The average molecular weight is 1320 g/mol. The fourth-order valence-corrected chi connectivity index (χ4v) is 11.8. The van der Waals surface area contributed by atoms with Crippen molar-refractivity contribution in [2.45, 2.75) is 41.4 Å². The van der Waals surface area contributed by atoms with E-state index in [0.29, 0.717) is 27.7 Å². The maximum atomic E-state index is 12.4. The van der Waals surface area contributed by atoms with Crippen LogP contribution in [0.4, 0.5) is 33.6 Å². The molecule has 3 heterocycles. The molecule has 30 nitrogen and oxygen atoms in total. The first kappa shape index (κ1) is 65.1. The van der Waals surface area contributed by atoms with Crippen molar-refractivity contribution in [3.63, 3.8) is 0 Å². The Balaban J connectivity index is 0.00000114. The van der Waals surface area contributed by atoms with Gasteiger partial charge in [0.15, 0.2) is 11.3 Å². The Morgan fingerprint density at radius 2 is 1.36 bits per heavy atom. The van der Waals surface area contributed by atoms with Crippen LogP contribution in [0.5, 0.6) is 11.6 Å². The van der Waals surface area contributed by atoms with Gasteiger partial charge in [0.25, 0.3) is 50.6 Å². The molecule has 0 saturated carbocycles. The third kappa shape index (κ3) is 17.7. The lowest BCUT2D eigenvalue weighted by Crippen LogP contribution is -2.08. The van der Waals surface area contributed by atoms with E-state index in [2.05, 4.69) is 46.7 Å². The summed E-state index contributed by atoms with van der Waals surface area (Å²) in [6, 6.07) is 19.2. The van der Waals surface area contributed by atoms with Gasteiger partial charge in [-0.1, -0.05) is 41.1 Å². The van der Waals surface area contributed by atoms with Crippen LogP contribution < -0.4 is 4.74 Å². The summed E-state index contributed by atoms with van der Waals surface area (Å²) >= 11 is 8.56. The number of para-hydroxylation sites is 2. The number of nitrogens with zero attached hydrogens (tertiary/aromatic N) is 10. The van der Waals surface area contributed by atoms with Gasteiger partial charge in [-0.2, -0.15) is 52.5 Å². The number of hydrogen-bond donors (Lipinski definition) is 6. The van der Waals surface area contributed by atoms with E-state index in [1.807, 2.05) is 0 Å². The number of nitriles is 1. The second kappa shape index (κ2) is 26.2. The standard InChI is InChI=1S/C43H35ClN10O14S6.CH4O3S.O3S/c1-22-15-32(50-52-38-23(2)27(21-45)41-46-29-7-3-4-8-34(29)54(41)42(38)55)35(68-11-5-13-71(56,57)58)19-30(22)48-51-33-18-28(44)31(20-36(33)69-12-6-14-72(59,60)61)49-53-43-47-39-37(74(65,66)67)16-24-9-10-25(73(62,63)64)17-26(24)40(39)70-43;1-5(2,3)4;1-4(2)3/h3-4,7-10,15-20,55H,5-6,11-14H2,1-2H3,(H,56,57,58)(H,59,60,61)(H,62,63,64)(H,65,66,67);1H3,(H,2,3,4);. The highest BCUT2D eigenvalue weighted by Gasteiger charge is 2.24. The first-order chi connectivity index (χ1) is 38.5. The van der Waals surface area contributed by atoms with E-state index in [-0.39, 0.29) is 113 Å². The van der Waals surface area contributed by atoms with Gasteiger partial charge >= 0.3 is 10.6 Å². The number of imidazole rings is 1. The molecule has 5 aromatic carbocycles. The summed E-state index contributed by atoms with van der Waals surface area (Å²) in [6.07, 6.45) is 0.562. The number of rotatable bonds is 18. The quantitative estimate of drug-likeness (QED) is 0.0201. The monoisotopic (exact) mass is 1320 g/mol. The molecular weight excluding hydrogens is 1280 g/mol. The molecule has 39 heteroatoms. The molecule has 83 heavy (non-hydrogen) atoms. The van der Waals surface area contributed by atoms with Gasteiger partial charge in [0.2, 0.25) is 11.0 Å². The van der Waals surface area contributed by atoms with E-state index in [0.717, 1.165) is 41.3 Å². The van der Waals surface area contributed by atoms with E-state index in [9.17, 15) is 70.7 Å². The van der Waals surface area contributed by atoms with Crippen molar-refractivity contribution in [2.24, 2.45) is 30.7 Å². The SMILES string of the molecule is CS(=O)(=O)O.Cc1cc(N=Nc2c(C)c(C#N)c3nc4ccccc4n3c2O)c(OCCCS(=O)(=O)O)cc1N=Nc1cc(Cl)c(N=Nc2nc3c(S(=O)(=O)O)cc4ccc(S(=O)(=O)O)cc4c3s2)cc1SCCCS(=O)(=O)O.O=S(=O)=O. The Labute approximate surface area is 485 Å². The molecule has 440 valence electrons. The van der Waals surface area contributed by atoms with Crippen LogP contribution in [0.25, 0.3) is 37.7 Å². The fourth-order valence-electron chi connectivity index (χ4n) is 7.27. The number of pyridine rings is 1. The largest absolute Gasteiger partial charge is 0.493 e. The number of benzene rings is 5. The van der Waals surface area contributed by atoms with E-state index < -0.39 is 82.5 Å².